The Hall–Kier alpha value is -1.35. The number of piperazine rings is 1. The van der Waals surface area contributed by atoms with Crippen molar-refractivity contribution in [1.29, 1.82) is 0 Å². The van der Waals surface area contributed by atoms with Gasteiger partial charge in [0.2, 0.25) is 5.91 Å². The van der Waals surface area contributed by atoms with Gasteiger partial charge in [-0.2, -0.15) is 0 Å². The normalized spacial score (nSPS) is 27.3. The van der Waals surface area contributed by atoms with E-state index in [0.29, 0.717) is 23.9 Å². The molecule has 0 N–H and O–H groups in total. The van der Waals surface area contributed by atoms with Gasteiger partial charge in [-0.1, -0.05) is 43.2 Å². The largest absolute Gasteiger partial charge is 0.339 e. The molecule has 2 unspecified atom stereocenters. The monoisotopic (exact) mass is 300 g/mol. The van der Waals surface area contributed by atoms with Crippen LogP contribution in [-0.2, 0) is 11.3 Å². The fraction of sp³-hybridized carbons (Fsp3) is 0.632. The van der Waals surface area contributed by atoms with E-state index in [1.165, 1.54) is 18.4 Å². The van der Waals surface area contributed by atoms with Crippen molar-refractivity contribution in [2.75, 3.05) is 13.1 Å². The van der Waals surface area contributed by atoms with Gasteiger partial charge < -0.3 is 4.90 Å². The molecule has 0 spiro atoms. The maximum absolute atomic E-state index is 12.7. The second-order valence-electron chi connectivity index (χ2n) is 7.08. The molecule has 1 heterocycles. The first kappa shape index (κ1) is 15.5. The zero-order valence-corrected chi connectivity index (χ0v) is 13.9. The third kappa shape index (κ3) is 3.35. The lowest BCUT2D eigenvalue weighted by molar-refractivity contribution is -0.140. The van der Waals surface area contributed by atoms with Crippen molar-refractivity contribution < 1.29 is 4.79 Å². The standard InChI is InChI=1S/C19H28N2O/c1-15-12-20(19(22)18-10-6-7-11-18)13-16(2)21(15)14-17-8-4-3-5-9-17/h3-5,8-9,15-16,18H,6-7,10-14H2,1-2H3. The molecule has 22 heavy (non-hydrogen) atoms. The Bertz CT molecular complexity index is 483. The van der Waals surface area contributed by atoms with Crippen LogP contribution in [0.2, 0.25) is 0 Å². The summed E-state index contributed by atoms with van der Waals surface area (Å²) < 4.78 is 0. The molecule has 1 aliphatic heterocycles. The molecule has 0 bridgehead atoms. The van der Waals surface area contributed by atoms with Crippen molar-refractivity contribution in [2.24, 2.45) is 5.92 Å². The molecule has 1 saturated carbocycles. The summed E-state index contributed by atoms with van der Waals surface area (Å²) in [5.74, 6) is 0.718. The number of nitrogens with zero attached hydrogens (tertiary/aromatic N) is 2. The maximum atomic E-state index is 12.7. The lowest BCUT2D eigenvalue weighted by Gasteiger charge is -2.45. The highest BCUT2D eigenvalue weighted by Crippen LogP contribution is 2.28. The molecule has 1 saturated heterocycles. The molecule has 3 rings (SSSR count). The van der Waals surface area contributed by atoms with Crippen molar-refractivity contribution in [3.8, 4) is 0 Å². The third-order valence-electron chi connectivity index (χ3n) is 5.33. The minimum Gasteiger partial charge on any atom is -0.339 e. The minimum absolute atomic E-state index is 0.306. The van der Waals surface area contributed by atoms with Crippen LogP contribution in [-0.4, -0.2) is 40.9 Å². The lowest BCUT2D eigenvalue weighted by atomic mass is 10.0. The number of carbonyl (C=O) groups is 1. The fourth-order valence-electron chi connectivity index (χ4n) is 4.07. The average molecular weight is 300 g/mol. The molecule has 0 radical (unpaired) electrons. The first-order valence-corrected chi connectivity index (χ1v) is 8.73. The highest BCUT2D eigenvalue weighted by Gasteiger charge is 2.35. The second kappa shape index (κ2) is 6.82. The summed E-state index contributed by atoms with van der Waals surface area (Å²) in [5, 5.41) is 0. The van der Waals surface area contributed by atoms with Gasteiger partial charge in [0.15, 0.2) is 0 Å². The van der Waals surface area contributed by atoms with Gasteiger partial charge in [-0.05, 0) is 32.3 Å². The summed E-state index contributed by atoms with van der Waals surface area (Å²) in [7, 11) is 0. The van der Waals surface area contributed by atoms with Crippen molar-refractivity contribution in [1.82, 2.24) is 9.80 Å². The van der Waals surface area contributed by atoms with Gasteiger partial charge in [-0.3, -0.25) is 9.69 Å². The summed E-state index contributed by atoms with van der Waals surface area (Å²) in [4.78, 5) is 17.3. The van der Waals surface area contributed by atoms with Crippen LogP contribution in [0.3, 0.4) is 0 Å². The van der Waals surface area contributed by atoms with Crippen LogP contribution in [0.1, 0.15) is 45.1 Å². The number of hydrogen-bond donors (Lipinski definition) is 0. The predicted octanol–water partition coefficient (Wildman–Crippen LogP) is 3.30. The summed E-state index contributed by atoms with van der Waals surface area (Å²) in [5.41, 5.74) is 1.36. The van der Waals surface area contributed by atoms with Crippen LogP contribution in [0.25, 0.3) is 0 Å². The van der Waals surface area contributed by atoms with Crippen LogP contribution < -0.4 is 0 Å². The highest BCUT2D eigenvalue weighted by atomic mass is 16.2. The van der Waals surface area contributed by atoms with E-state index in [-0.39, 0.29) is 0 Å². The Balaban J connectivity index is 1.62. The topological polar surface area (TPSA) is 23.6 Å². The molecule has 1 aromatic carbocycles. The van der Waals surface area contributed by atoms with Crippen LogP contribution in [0.15, 0.2) is 30.3 Å². The average Bonchev–Trinajstić information content (AvgIpc) is 3.05. The van der Waals surface area contributed by atoms with Gasteiger partial charge in [0, 0.05) is 37.6 Å². The molecule has 1 amide bonds. The van der Waals surface area contributed by atoms with Gasteiger partial charge >= 0.3 is 0 Å². The lowest BCUT2D eigenvalue weighted by Crippen LogP contribution is -2.58. The van der Waals surface area contributed by atoms with Gasteiger partial charge in [0.05, 0.1) is 0 Å². The molecule has 0 aromatic heterocycles. The van der Waals surface area contributed by atoms with Crippen LogP contribution in [0.5, 0.6) is 0 Å². The molecule has 2 fully saturated rings. The number of hydrogen-bond acceptors (Lipinski definition) is 2. The molecule has 1 aromatic rings. The highest BCUT2D eigenvalue weighted by molar-refractivity contribution is 5.79. The predicted molar refractivity (Wildman–Crippen MR) is 89.4 cm³/mol. The SMILES string of the molecule is CC1CN(C(=O)C2CCCC2)CC(C)N1Cc1ccccc1. The van der Waals surface area contributed by atoms with Crippen LogP contribution >= 0.6 is 0 Å². The Labute approximate surface area is 134 Å². The number of amides is 1. The van der Waals surface area contributed by atoms with Crippen LogP contribution in [0.4, 0.5) is 0 Å². The molecule has 2 atom stereocenters. The number of benzene rings is 1. The van der Waals surface area contributed by atoms with E-state index < -0.39 is 0 Å². The Morgan fingerprint density at radius 3 is 2.23 bits per heavy atom. The van der Waals surface area contributed by atoms with Gasteiger partial charge in [-0.25, -0.2) is 0 Å². The van der Waals surface area contributed by atoms with E-state index >= 15 is 0 Å². The quantitative estimate of drug-likeness (QED) is 0.855. The molecule has 3 nitrogen and oxygen atoms in total. The first-order valence-electron chi connectivity index (χ1n) is 8.73. The number of carbonyl (C=O) groups excluding carboxylic acids is 1. The first-order chi connectivity index (χ1) is 10.6. The third-order valence-corrected chi connectivity index (χ3v) is 5.33. The number of rotatable bonds is 3. The fourth-order valence-corrected chi connectivity index (χ4v) is 4.07. The van der Waals surface area contributed by atoms with E-state index in [2.05, 4.69) is 54.0 Å². The zero-order valence-electron chi connectivity index (χ0n) is 13.9. The van der Waals surface area contributed by atoms with Crippen LogP contribution in [0, 0.1) is 5.92 Å². The van der Waals surface area contributed by atoms with Crippen molar-refractivity contribution in [3.63, 3.8) is 0 Å². The molecule has 3 heteroatoms. The van der Waals surface area contributed by atoms with Crippen molar-refractivity contribution in [2.45, 2.75) is 58.2 Å². The summed E-state index contributed by atoms with van der Waals surface area (Å²) in [6.07, 6.45) is 4.67. The molecular formula is C19H28N2O. The van der Waals surface area contributed by atoms with E-state index in [4.69, 9.17) is 0 Å². The molecule has 2 aliphatic rings. The Kier molecular flexibility index (Phi) is 4.82. The van der Waals surface area contributed by atoms with Crippen molar-refractivity contribution >= 4 is 5.91 Å². The van der Waals surface area contributed by atoms with E-state index in [1.807, 2.05) is 0 Å². The van der Waals surface area contributed by atoms with E-state index in [1.54, 1.807) is 0 Å². The minimum atomic E-state index is 0.306. The van der Waals surface area contributed by atoms with Gasteiger partial charge in [0.25, 0.3) is 0 Å². The summed E-state index contributed by atoms with van der Waals surface area (Å²) >= 11 is 0. The molecule has 120 valence electrons. The smallest absolute Gasteiger partial charge is 0.225 e. The van der Waals surface area contributed by atoms with E-state index in [0.717, 1.165) is 32.5 Å². The van der Waals surface area contributed by atoms with Gasteiger partial charge in [-0.15, -0.1) is 0 Å². The second-order valence-corrected chi connectivity index (χ2v) is 7.08. The maximum Gasteiger partial charge on any atom is 0.225 e. The van der Waals surface area contributed by atoms with E-state index in [9.17, 15) is 4.79 Å². The zero-order chi connectivity index (χ0) is 15.5. The summed E-state index contributed by atoms with van der Waals surface area (Å²) in [6.45, 7) is 7.26. The summed E-state index contributed by atoms with van der Waals surface area (Å²) in [6, 6.07) is 11.5. The Morgan fingerprint density at radius 2 is 1.64 bits per heavy atom. The van der Waals surface area contributed by atoms with Crippen molar-refractivity contribution in [3.05, 3.63) is 35.9 Å². The Morgan fingerprint density at radius 1 is 1.05 bits per heavy atom. The molecule has 1 aliphatic carbocycles. The molecular weight excluding hydrogens is 272 g/mol. The van der Waals surface area contributed by atoms with Gasteiger partial charge in [0.1, 0.15) is 0 Å².